The van der Waals surface area contributed by atoms with E-state index in [-0.39, 0.29) is 17.8 Å². The number of hydrogen-bond acceptors (Lipinski definition) is 8. The molecular formula is C26H30N4O5. The Hall–Kier alpha value is -3.72. The predicted molar refractivity (Wildman–Crippen MR) is 130 cm³/mol. The highest BCUT2D eigenvalue weighted by atomic mass is 16.5. The molecule has 0 bridgehead atoms. The van der Waals surface area contributed by atoms with Gasteiger partial charge in [-0.05, 0) is 81.7 Å². The van der Waals surface area contributed by atoms with Crippen LogP contribution in [0.5, 0.6) is 5.75 Å². The van der Waals surface area contributed by atoms with Gasteiger partial charge in [-0.3, -0.25) is 9.69 Å². The summed E-state index contributed by atoms with van der Waals surface area (Å²) in [5, 5.41) is 7.08. The molecule has 0 atom stereocenters. The van der Waals surface area contributed by atoms with E-state index in [4.69, 9.17) is 14.0 Å². The molecule has 9 nitrogen and oxygen atoms in total. The second-order valence-corrected chi connectivity index (χ2v) is 8.48. The Morgan fingerprint density at radius 3 is 2.57 bits per heavy atom. The van der Waals surface area contributed by atoms with Gasteiger partial charge in [0.05, 0.1) is 25.8 Å². The molecule has 0 saturated carbocycles. The molecular weight excluding hydrogens is 448 g/mol. The molecule has 1 N–H and O–H groups in total. The molecule has 2 aromatic carbocycles. The van der Waals surface area contributed by atoms with Gasteiger partial charge < -0.3 is 19.3 Å². The maximum absolute atomic E-state index is 12.9. The third kappa shape index (κ3) is 5.86. The van der Waals surface area contributed by atoms with Crippen molar-refractivity contribution in [2.45, 2.75) is 33.2 Å². The molecule has 4 rings (SSSR count). The minimum Gasteiger partial charge on any atom is -0.497 e. The van der Waals surface area contributed by atoms with Gasteiger partial charge >= 0.3 is 5.97 Å². The van der Waals surface area contributed by atoms with E-state index in [0.717, 1.165) is 37.2 Å². The number of nitrogens with one attached hydrogen (secondary N) is 1. The molecule has 0 aliphatic carbocycles. The molecule has 2 heterocycles. The largest absolute Gasteiger partial charge is 0.497 e. The molecule has 0 unspecified atom stereocenters. The maximum Gasteiger partial charge on any atom is 0.338 e. The second-order valence-electron chi connectivity index (χ2n) is 8.48. The molecule has 3 aromatic rings. The van der Waals surface area contributed by atoms with E-state index < -0.39 is 0 Å². The minimum atomic E-state index is -0.384. The van der Waals surface area contributed by atoms with Crippen molar-refractivity contribution in [2.75, 3.05) is 32.1 Å². The van der Waals surface area contributed by atoms with Crippen LogP contribution in [0.4, 0.5) is 5.69 Å². The molecule has 1 saturated heterocycles. The van der Waals surface area contributed by atoms with Crippen molar-refractivity contribution in [3.05, 3.63) is 59.5 Å². The van der Waals surface area contributed by atoms with Crippen LogP contribution in [0.25, 0.3) is 11.4 Å². The Kier molecular flexibility index (Phi) is 7.77. The fraction of sp³-hybridized carbons (Fsp3) is 0.385. The zero-order chi connectivity index (χ0) is 24.8. The van der Waals surface area contributed by atoms with Crippen molar-refractivity contribution in [1.29, 1.82) is 0 Å². The van der Waals surface area contributed by atoms with Gasteiger partial charge in [0.1, 0.15) is 5.75 Å². The van der Waals surface area contributed by atoms with Gasteiger partial charge in [0.15, 0.2) is 0 Å². The Bertz CT molecular complexity index is 1170. The summed E-state index contributed by atoms with van der Waals surface area (Å²) in [5.74, 6) is 1.34. The third-order valence-corrected chi connectivity index (χ3v) is 6.22. The number of benzene rings is 2. The van der Waals surface area contributed by atoms with Gasteiger partial charge in [-0.1, -0.05) is 11.2 Å². The van der Waals surface area contributed by atoms with Gasteiger partial charge in [-0.15, -0.1) is 0 Å². The quantitative estimate of drug-likeness (QED) is 0.483. The SMILES string of the molecule is CCOC(=O)c1cccc(NC(=O)C2CCN(Cc3nc(-c4ccc(OC)cc4)no3)CC2)c1C. The molecule has 184 valence electrons. The maximum atomic E-state index is 12.9. The highest BCUT2D eigenvalue weighted by Gasteiger charge is 2.27. The first kappa shape index (κ1) is 24.4. The van der Waals surface area contributed by atoms with Crippen LogP contribution in [0.2, 0.25) is 0 Å². The fourth-order valence-corrected chi connectivity index (χ4v) is 4.16. The van der Waals surface area contributed by atoms with Gasteiger partial charge in [0.25, 0.3) is 0 Å². The lowest BCUT2D eigenvalue weighted by molar-refractivity contribution is -0.121. The monoisotopic (exact) mass is 478 g/mol. The molecule has 35 heavy (non-hydrogen) atoms. The topological polar surface area (TPSA) is 107 Å². The normalized spacial score (nSPS) is 14.5. The van der Waals surface area contributed by atoms with Gasteiger partial charge in [-0.2, -0.15) is 4.98 Å². The number of hydrogen-bond donors (Lipinski definition) is 1. The molecule has 9 heteroatoms. The van der Waals surface area contributed by atoms with Crippen LogP contribution in [0.1, 0.15) is 41.6 Å². The minimum absolute atomic E-state index is 0.0339. The summed E-state index contributed by atoms with van der Waals surface area (Å²) in [6, 6.07) is 12.8. The van der Waals surface area contributed by atoms with Crippen LogP contribution >= 0.6 is 0 Å². The van der Waals surface area contributed by atoms with E-state index in [1.807, 2.05) is 31.2 Å². The van der Waals surface area contributed by atoms with E-state index in [9.17, 15) is 9.59 Å². The Labute approximate surface area is 204 Å². The Morgan fingerprint density at radius 1 is 1.14 bits per heavy atom. The predicted octanol–water partition coefficient (Wildman–Crippen LogP) is 4.08. The molecule has 1 aliphatic heterocycles. The number of rotatable bonds is 8. The highest BCUT2D eigenvalue weighted by Crippen LogP contribution is 2.25. The lowest BCUT2D eigenvalue weighted by atomic mass is 9.95. The van der Waals surface area contributed by atoms with E-state index in [2.05, 4.69) is 20.4 Å². The van der Waals surface area contributed by atoms with Crippen LogP contribution in [-0.4, -0.2) is 53.7 Å². The number of carbonyl (C=O) groups is 2. The van der Waals surface area contributed by atoms with Crippen molar-refractivity contribution in [2.24, 2.45) is 5.92 Å². The first-order valence-corrected chi connectivity index (χ1v) is 11.8. The second kappa shape index (κ2) is 11.1. The summed E-state index contributed by atoms with van der Waals surface area (Å²) in [6.07, 6.45) is 1.45. The number of nitrogens with zero attached hydrogens (tertiary/aromatic N) is 3. The van der Waals surface area contributed by atoms with Crippen LogP contribution in [0.3, 0.4) is 0 Å². The Morgan fingerprint density at radius 2 is 1.89 bits per heavy atom. The number of carbonyl (C=O) groups excluding carboxylic acids is 2. The van der Waals surface area contributed by atoms with Crippen LogP contribution in [0.15, 0.2) is 47.0 Å². The summed E-state index contributed by atoms with van der Waals surface area (Å²) in [6.45, 7) is 5.93. The van der Waals surface area contributed by atoms with Gasteiger partial charge in [0.2, 0.25) is 17.6 Å². The average Bonchev–Trinajstić information content (AvgIpc) is 3.34. The molecule has 0 radical (unpaired) electrons. The standard InChI is InChI=1S/C26H30N4O5/c1-4-34-26(32)21-6-5-7-22(17(21)2)27-25(31)19-12-14-30(15-13-19)16-23-28-24(29-35-23)18-8-10-20(33-3)11-9-18/h5-11,19H,4,12-16H2,1-3H3,(H,27,31). The number of piperidine rings is 1. The summed E-state index contributed by atoms with van der Waals surface area (Å²) in [5.41, 5.74) is 2.67. The number of ether oxygens (including phenoxy) is 2. The number of esters is 1. The van der Waals surface area contributed by atoms with Crippen molar-refractivity contribution >= 4 is 17.6 Å². The zero-order valence-corrected chi connectivity index (χ0v) is 20.2. The highest BCUT2D eigenvalue weighted by molar-refractivity contribution is 5.97. The van der Waals surface area contributed by atoms with E-state index in [1.165, 1.54) is 0 Å². The van der Waals surface area contributed by atoms with Crippen LogP contribution in [0, 0.1) is 12.8 Å². The summed E-state index contributed by atoms with van der Waals surface area (Å²) in [4.78, 5) is 31.8. The third-order valence-electron chi connectivity index (χ3n) is 6.22. The number of aromatic nitrogens is 2. The summed E-state index contributed by atoms with van der Waals surface area (Å²) >= 11 is 0. The smallest absolute Gasteiger partial charge is 0.338 e. The number of likely N-dealkylation sites (tertiary alicyclic amines) is 1. The Balaban J connectivity index is 1.30. The number of amides is 1. The van der Waals surface area contributed by atoms with Gasteiger partial charge in [0, 0.05) is 17.2 Å². The molecule has 1 aliphatic rings. The molecule has 1 amide bonds. The molecule has 0 spiro atoms. The van der Waals surface area contributed by atoms with E-state index in [0.29, 0.717) is 41.7 Å². The van der Waals surface area contributed by atoms with Crippen molar-refractivity contribution in [3.8, 4) is 17.1 Å². The average molecular weight is 479 g/mol. The fourth-order valence-electron chi connectivity index (χ4n) is 4.16. The number of anilines is 1. The molecule has 1 aromatic heterocycles. The van der Waals surface area contributed by atoms with E-state index >= 15 is 0 Å². The summed E-state index contributed by atoms with van der Waals surface area (Å²) in [7, 11) is 1.62. The number of methoxy groups -OCH3 is 1. The van der Waals surface area contributed by atoms with Gasteiger partial charge in [-0.25, -0.2) is 4.79 Å². The lowest BCUT2D eigenvalue weighted by Gasteiger charge is -2.30. The van der Waals surface area contributed by atoms with Crippen molar-refractivity contribution < 1.29 is 23.6 Å². The first-order valence-electron chi connectivity index (χ1n) is 11.8. The first-order chi connectivity index (χ1) is 17.0. The van der Waals surface area contributed by atoms with Crippen LogP contribution < -0.4 is 10.1 Å². The van der Waals surface area contributed by atoms with Crippen molar-refractivity contribution in [1.82, 2.24) is 15.0 Å². The summed E-state index contributed by atoms with van der Waals surface area (Å²) < 4.78 is 15.7. The zero-order valence-electron chi connectivity index (χ0n) is 20.2. The van der Waals surface area contributed by atoms with Crippen molar-refractivity contribution in [3.63, 3.8) is 0 Å². The van der Waals surface area contributed by atoms with E-state index in [1.54, 1.807) is 32.2 Å². The molecule has 1 fully saturated rings. The van der Waals surface area contributed by atoms with Crippen LogP contribution in [-0.2, 0) is 16.1 Å². The lowest BCUT2D eigenvalue weighted by Crippen LogP contribution is -2.38.